The number of hydrogen-bond acceptors (Lipinski definition) is 6. The summed E-state index contributed by atoms with van der Waals surface area (Å²) in [5.74, 6) is 0.103. The van der Waals surface area contributed by atoms with Gasteiger partial charge in [-0.15, -0.1) is 13.2 Å². The highest BCUT2D eigenvalue weighted by molar-refractivity contribution is 5.78. The number of rotatable bonds is 3. The standard InChI is InChI=1S/C14H11F3N4O3/c1-7(12-19-8(2)20-24-12)21-6-18-11-4-3-9(23-14(15,16)17)5-10(11)13(21)22/h3-7H,1-2H3/t7-/m0/s1. The molecule has 0 spiro atoms. The summed E-state index contributed by atoms with van der Waals surface area (Å²) >= 11 is 0. The number of nitrogens with zero attached hydrogens (tertiary/aromatic N) is 4. The number of hydrogen-bond donors (Lipinski definition) is 0. The SMILES string of the molecule is Cc1noc([C@H](C)n2cnc3ccc(OC(F)(F)F)cc3c2=O)n1. The predicted molar refractivity (Wildman–Crippen MR) is 75.5 cm³/mol. The van der Waals surface area contributed by atoms with E-state index in [0.717, 1.165) is 12.1 Å². The molecule has 3 rings (SSSR count). The molecule has 0 amide bonds. The number of ether oxygens (including phenoxy) is 1. The Balaban J connectivity index is 2.07. The van der Waals surface area contributed by atoms with Crippen molar-refractivity contribution in [3.8, 4) is 5.75 Å². The van der Waals surface area contributed by atoms with Crippen LogP contribution in [0.3, 0.4) is 0 Å². The van der Waals surface area contributed by atoms with E-state index in [1.807, 2.05) is 0 Å². The van der Waals surface area contributed by atoms with Gasteiger partial charge in [0, 0.05) is 0 Å². The maximum Gasteiger partial charge on any atom is 0.573 e. The van der Waals surface area contributed by atoms with Crippen molar-refractivity contribution in [2.24, 2.45) is 0 Å². The number of aromatic nitrogens is 4. The summed E-state index contributed by atoms with van der Waals surface area (Å²) in [6.07, 6.45) is -3.57. The smallest absolute Gasteiger partial charge is 0.406 e. The second kappa shape index (κ2) is 5.62. The lowest BCUT2D eigenvalue weighted by atomic mass is 10.2. The van der Waals surface area contributed by atoms with Crippen molar-refractivity contribution in [2.75, 3.05) is 0 Å². The molecule has 2 aromatic heterocycles. The third-order valence-electron chi connectivity index (χ3n) is 3.31. The Morgan fingerprint density at radius 3 is 2.71 bits per heavy atom. The van der Waals surface area contributed by atoms with Crippen LogP contribution >= 0.6 is 0 Å². The molecule has 7 nitrogen and oxygen atoms in total. The van der Waals surface area contributed by atoms with Gasteiger partial charge in [-0.05, 0) is 32.0 Å². The quantitative estimate of drug-likeness (QED) is 0.729. The van der Waals surface area contributed by atoms with E-state index in [-0.39, 0.29) is 16.8 Å². The Hall–Kier alpha value is -2.91. The van der Waals surface area contributed by atoms with Crippen LogP contribution in [0.15, 0.2) is 33.8 Å². The van der Waals surface area contributed by atoms with Gasteiger partial charge in [-0.25, -0.2) is 4.98 Å². The third-order valence-corrected chi connectivity index (χ3v) is 3.31. The van der Waals surface area contributed by atoms with Gasteiger partial charge in [-0.2, -0.15) is 4.98 Å². The zero-order valence-corrected chi connectivity index (χ0v) is 12.5. The van der Waals surface area contributed by atoms with E-state index in [1.165, 1.54) is 17.0 Å². The molecule has 0 aliphatic carbocycles. The lowest BCUT2D eigenvalue weighted by Gasteiger charge is -2.12. The van der Waals surface area contributed by atoms with Crippen molar-refractivity contribution < 1.29 is 22.4 Å². The van der Waals surface area contributed by atoms with Crippen LogP contribution in [-0.2, 0) is 0 Å². The highest BCUT2D eigenvalue weighted by Crippen LogP contribution is 2.25. The van der Waals surface area contributed by atoms with E-state index in [2.05, 4.69) is 19.9 Å². The summed E-state index contributed by atoms with van der Waals surface area (Å²) < 4.78 is 47.0. The molecule has 10 heteroatoms. The lowest BCUT2D eigenvalue weighted by Crippen LogP contribution is -2.25. The summed E-state index contributed by atoms with van der Waals surface area (Å²) in [7, 11) is 0. The van der Waals surface area contributed by atoms with Crippen molar-refractivity contribution in [2.45, 2.75) is 26.3 Å². The van der Waals surface area contributed by atoms with Gasteiger partial charge < -0.3 is 9.26 Å². The molecule has 3 aromatic rings. The fourth-order valence-electron chi connectivity index (χ4n) is 2.19. The summed E-state index contributed by atoms with van der Waals surface area (Å²) in [5, 5.41) is 3.63. The summed E-state index contributed by atoms with van der Waals surface area (Å²) in [5.41, 5.74) is -0.296. The average molecular weight is 340 g/mol. The van der Waals surface area contributed by atoms with Crippen LogP contribution in [0.5, 0.6) is 5.75 Å². The van der Waals surface area contributed by atoms with Crippen LogP contribution < -0.4 is 10.3 Å². The first-order valence-electron chi connectivity index (χ1n) is 6.81. The molecule has 1 aromatic carbocycles. The van der Waals surface area contributed by atoms with Crippen molar-refractivity contribution in [1.82, 2.24) is 19.7 Å². The number of benzene rings is 1. The number of halogens is 3. The molecule has 0 N–H and O–H groups in total. The molecular weight excluding hydrogens is 329 g/mol. The molecule has 24 heavy (non-hydrogen) atoms. The summed E-state index contributed by atoms with van der Waals surface area (Å²) in [4.78, 5) is 20.7. The van der Waals surface area contributed by atoms with Gasteiger partial charge in [-0.1, -0.05) is 5.16 Å². The zero-order chi connectivity index (χ0) is 17.5. The van der Waals surface area contributed by atoms with Gasteiger partial charge in [0.2, 0.25) is 5.89 Å². The van der Waals surface area contributed by atoms with E-state index in [1.54, 1.807) is 13.8 Å². The van der Waals surface area contributed by atoms with E-state index in [4.69, 9.17) is 4.52 Å². The topological polar surface area (TPSA) is 83.0 Å². The molecule has 0 aliphatic rings. The molecular formula is C14H11F3N4O3. The van der Waals surface area contributed by atoms with Gasteiger partial charge in [0.1, 0.15) is 11.8 Å². The second-order valence-electron chi connectivity index (χ2n) is 5.04. The van der Waals surface area contributed by atoms with Crippen molar-refractivity contribution >= 4 is 10.9 Å². The maximum absolute atomic E-state index is 12.6. The molecule has 0 saturated heterocycles. The first-order chi connectivity index (χ1) is 11.2. The van der Waals surface area contributed by atoms with Crippen LogP contribution in [0.2, 0.25) is 0 Å². The van der Waals surface area contributed by atoms with Crippen LogP contribution in [0.25, 0.3) is 10.9 Å². The normalized spacial score (nSPS) is 13.2. The van der Waals surface area contributed by atoms with E-state index in [0.29, 0.717) is 5.82 Å². The summed E-state index contributed by atoms with van der Waals surface area (Å²) in [6, 6.07) is 2.75. The molecule has 0 saturated carbocycles. The average Bonchev–Trinajstić information content (AvgIpc) is 2.92. The molecule has 0 bridgehead atoms. The fourth-order valence-corrected chi connectivity index (χ4v) is 2.19. The van der Waals surface area contributed by atoms with Crippen LogP contribution in [0.4, 0.5) is 13.2 Å². The Labute approximate surface area is 132 Å². The van der Waals surface area contributed by atoms with Crippen LogP contribution in [0.1, 0.15) is 24.7 Å². The molecule has 126 valence electrons. The lowest BCUT2D eigenvalue weighted by molar-refractivity contribution is -0.274. The first-order valence-corrected chi connectivity index (χ1v) is 6.81. The van der Waals surface area contributed by atoms with E-state index >= 15 is 0 Å². The van der Waals surface area contributed by atoms with Crippen molar-refractivity contribution in [1.29, 1.82) is 0 Å². The summed E-state index contributed by atoms with van der Waals surface area (Å²) in [6.45, 7) is 3.26. The molecule has 0 radical (unpaired) electrons. The predicted octanol–water partition coefficient (Wildman–Crippen LogP) is 2.60. The minimum Gasteiger partial charge on any atom is -0.406 e. The minimum absolute atomic E-state index is 0.0117. The van der Waals surface area contributed by atoms with Crippen molar-refractivity contribution in [3.63, 3.8) is 0 Å². The molecule has 1 atom stereocenters. The minimum atomic E-state index is -4.84. The molecule has 2 heterocycles. The van der Waals surface area contributed by atoms with Gasteiger partial charge >= 0.3 is 6.36 Å². The Morgan fingerprint density at radius 1 is 1.33 bits per heavy atom. The molecule has 0 fully saturated rings. The number of fused-ring (bicyclic) bond motifs is 1. The fraction of sp³-hybridized carbons (Fsp3) is 0.286. The van der Waals surface area contributed by atoms with E-state index in [9.17, 15) is 18.0 Å². The maximum atomic E-state index is 12.6. The van der Waals surface area contributed by atoms with Gasteiger partial charge in [-0.3, -0.25) is 9.36 Å². The van der Waals surface area contributed by atoms with Gasteiger partial charge in [0.15, 0.2) is 5.82 Å². The van der Waals surface area contributed by atoms with Crippen LogP contribution in [0, 0.1) is 6.92 Å². The third kappa shape index (κ3) is 3.07. The Bertz CT molecular complexity index is 948. The highest BCUT2D eigenvalue weighted by atomic mass is 19.4. The highest BCUT2D eigenvalue weighted by Gasteiger charge is 2.31. The largest absolute Gasteiger partial charge is 0.573 e. The van der Waals surface area contributed by atoms with Crippen molar-refractivity contribution in [3.05, 3.63) is 46.6 Å². The second-order valence-corrected chi connectivity index (χ2v) is 5.04. The Morgan fingerprint density at radius 2 is 2.08 bits per heavy atom. The van der Waals surface area contributed by atoms with Gasteiger partial charge in [0.25, 0.3) is 5.56 Å². The van der Waals surface area contributed by atoms with Crippen LogP contribution in [-0.4, -0.2) is 26.1 Å². The van der Waals surface area contributed by atoms with Gasteiger partial charge in [0.05, 0.1) is 17.2 Å². The number of alkyl halides is 3. The van der Waals surface area contributed by atoms with E-state index < -0.39 is 23.7 Å². The monoisotopic (exact) mass is 340 g/mol. The number of aryl methyl sites for hydroxylation is 1. The molecule has 0 unspecified atom stereocenters. The molecule has 0 aliphatic heterocycles. The zero-order valence-electron chi connectivity index (χ0n) is 12.5. The first kappa shape index (κ1) is 16.0. The Kier molecular flexibility index (Phi) is 3.74.